The number of rotatable bonds is 11. The number of nitrogens with one attached hydrogen (secondary N) is 1. The molecule has 0 aromatic carbocycles. The molecule has 0 saturated heterocycles. The first-order chi connectivity index (χ1) is 8.06. The van der Waals surface area contributed by atoms with Gasteiger partial charge in [-0.3, -0.25) is 0 Å². The van der Waals surface area contributed by atoms with Crippen LogP contribution in [0.1, 0.15) is 66.7 Å². The van der Waals surface area contributed by atoms with E-state index in [-0.39, 0.29) is 0 Å². The first kappa shape index (κ1) is 16.9. The molecule has 17 heavy (non-hydrogen) atoms. The van der Waals surface area contributed by atoms with Crippen LogP contribution in [0.4, 0.5) is 0 Å². The monoisotopic (exact) mass is 243 g/mol. The molecule has 0 aromatic rings. The van der Waals surface area contributed by atoms with Crippen LogP contribution >= 0.6 is 0 Å². The summed E-state index contributed by atoms with van der Waals surface area (Å²) in [6, 6.07) is 0. The minimum Gasteiger partial charge on any atom is -0.374 e. The Labute approximate surface area is 109 Å². The number of hydrogen-bond donors (Lipinski definition) is 1. The van der Waals surface area contributed by atoms with E-state index in [1.165, 1.54) is 32.1 Å². The normalized spacial score (nSPS) is 15.2. The topological polar surface area (TPSA) is 21.3 Å². The van der Waals surface area contributed by atoms with Crippen molar-refractivity contribution < 1.29 is 4.74 Å². The van der Waals surface area contributed by atoms with Gasteiger partial charge in [-0.1, -0.05) is 46.5 Å². The Bertz CT molecular complexity index is 159. The average Bonchev–Trinajstić information content (AvgIpc) is 2.23. The Balaban J connectivity index is 3.41. The third-order valence-electron chi connectivity index (χ3n) is 2.91. The van der Waals surface area contributed by atoms with Crippen LogP contribution < -0.4 is 5.32 Å². The summed E-state index contributed by atoms with van der Waals surface area (Å²) in [7, 11) is 0. The van der Waals surface area contributed by atoms with E-state index in [4.69, 9.17) is 4.74 Å². The third-order valence-corrected chi connectivity index (χ3v) is 2.91. The minimum atomic E-state index is 0.329. The molecule has 2 unspecified atom stereocenters. The average molecular weight is 243 g/mol. The summed E-state index contributed by atoms with van der Waals surface area (Å²) in [6.45, 7) is 13.1. The SMILES string of the molecule is CCCCCCC(C)OC(C)CNCC(C)C. The number of hydrogen-bond acceptors (Lipinski definition) is 2. The van der Waals surface area contributed by atoms with Crippen LogP contribution in [0.15, 0.2) is 0 Å². The molecule has 2 atom stereocenters. The Morgan fingerprint density at radius 3 is 2.18 bits per heavy atom. The molecule has 0 radical (unpaired) electrons. The first-order valence-electron chi connectivity index (χ1n) is 7.42. The molecule has 0 aromatic heterocycles. The molecule has 0 aliphatic heterocycles. The molecular weight excluding hydrogens is 210 g/mol. The van der Waals surface area contributed by atoms with Crippen LogP contribution in [0.2, 0.25) is 0 Å². The number of ether oxygens (including phenoxy) is 1. The second-order valence-corrected chi connectivity index (χ2v) is 5.66. The smallest absolute Gasteiger partial charge is 0.0674 e. The van der Waals surface area contributed by atoms with E-state index >= 15 is 0 Å². The fourth-order valence-electron chi connectivity index (χ4n) is 1.95. The van der Waals surface area contributed by atoms with Gasteiger partial charge in [-0.15, -0.1) is 0 Å². The molecule has 0 heterocycles. The molecule has 0 saturated carbocycles. The van der Waals surface area contributed by atoms with Gasteiger partial charge >= 0.3 is 0 Å². The molecule has 2 heteroatoms. The molecule has 0 amide bonds. The Morgan fingerprint density at radius 1 is 0.882 bits per heavy atom. The standard InChI is InChI=1S/C15H33NO/c1-6-7-8-9-10-14(4)17-15(5)12-16-11-13(2)3/h13-16H,6-12H2,1-5H3. The summed E-state index contributed by atoms with van der Waals surface area (Å²) >= 11 is 0. The van der Waals surface area contributed by atoms with Crippen molar-refractivity contribution in [3.8, 4) is 0 Å². The predicted octanol–water partition coefficient (Wildman–Crippen LogP) is 4.00. The molecule has 0 aliphatic rings. The summed E-state index contributed by atoms with van der Waals surface area (Å²) in [4.78, 5) is 0. The summed E-state index contributed by atoms with van der Waals surface area (Å²) in [5.74, 6) is 0.716. The molecule has 0 rings (SSSR count). The summed E-state index contributed by atoms with van der Waals surface area (Å²) < 4.78 is 5.95. The zero-order valence-electron chi connectivity index (χ0n) is 12.6. The quantitative estimate of drug-likeness (QED) is 0.554. The molecule has 104 valence electrons. The van der Waals surface area contributed by atoms with Crippen molar-refractivity contribution >= 4 is 0 Å². The first-order valence-corrected chi connectivity index (χ1v) is 7.42. The highest BCUT2D eigenvalue weighted by Gasteiger charge is 2.08. The summed E-state index contributed by atoms with van der Waals surface area (Å²) in [5.41, 5.74) is 0. The highest BCUT2D eigenvalue weighted by atomic mass is 16.5. The zero-order chi connectivity index (χ0) is 13.1. The zero-order valence-corrected chi connectivity index (χ0v) is 12.6. The Morgan fingerprint density at radius 2 is 1.59 bits per heavy atom. The van der Waals surface area contributed by atoms with Gasteiger partial charge in [-0.05, 0) is 32.7 Å². The van der Waals surface area contributed by atoms with Gasteiger partial charge in [-0.2, -0.15) is 0 Å². The van der Waals surface area contributed by atoms with Gasteiger partial charge in [-0.25, -0.2) is 0 Å². The Kier molecular flexibility index (Phi) is 11.0. The maximum absolute atomic E-state index is 5.95. The largest absolute Gasteiger partial charge is 0.374 e. The molecule has 0 fully saturated rings. The molecule has 0 spiro atoms. The van der Waals surface area contributed by atoms with Crippen molar-refractivity contribution in [2.24, 2.45) is 5.92 Å². The van der Waals surface area contributed by atoms with Gasteiger partial charge in [0.05, 0.1) is 12.2 Å². The lowest BCUT2D eigenvalue weighted by molar-refractivity contribution is 0.00351. The van der Waals surface area contributed by atoms with E-state index in [9.17, 15) is 0 Å². The number of unbranched alkanes of at least 4 members (excludes halogenated alkanes) is 3. The molecule has 1 N–H and O–H groups in total. The molecule has 0 bridgehead atoms. The maximum atomic E-state index is 5.95. The summed E-state index contributed by atoms with van der Waals surface area (Å²) in [5, 5.41) is 3.44. The van der Waals surface area contributed by atoms with Crippen LogP contribution in [0.5, 0.6) is 0 Å². The Hall–Kier alpha value is -0.0800. The van der Waals surface area contributed by atoms with Crippen molar-refractivity contribution in [1.82, 2.24) is 5.32 Å². The molecule has 2 nitrogen and oxygen atoms in total. The van der Waals surface area contributed by atoms with Crippen LogP contribution in [-0.4, -0.2) is 25.3 Å². The van der Waals surface area contributed by atoms with Crippen molar-refractivity contribution in [1.29, 1.82) is 0 Å². The maximum Gasteiger partial charge on any atom is 0.0674 e. The fraction of sp³-hybridized carbons (Fsp3) is 1.00. The van der Waals surface area contributed by atoms with Gasteiger partial charge < -0.3 is 10.1 Å². The second-order valence-electron chi connectivity index (χ2n) is 5.66. The van der Waals surface area contributed by atoms with E-state index in [2.05, 4.69) is 39.9 Å². The van der Waals surface area contributed by atoms with Crippen molar-refractivity contribution in [2.75, 3.05) is 13.1 Å². The predicted molar refractivity (Wildman–Crippen MR) is 76.5 cm³/mol. The van der Waals surface area contributed by atoms with Crippen molar-refractivity contribution in [3.05, 3.63) is 0 Å². The van der Waals surface area contributed by atoms with Crippen molar-refractivity contribution in [2.45, 2.75) is 78.9 Å². The van der Waals surface area contributed by atoms with E-state index < -0.39 is 0 Å². The van der Waals surface area contributed by atoms with E-state index in [1.807, 2.05) is 0 Å². The van der Waals surface area contributed by atoms with Gasteiger partial charge in [0, 0.05) is 6.54 Å². The summed E-state index contributed by atoms with van der Waals surface area (Å²) in [6.07, 6.45) is 7.26. The van der Waals surface area contributed by atoms with Crippen LogP contribution in [0.25, 0.3) is 0 Å². The lowest BCUT2D eigenvalue weighted by Crippen LogP contribution is -2.31. The van der Waals surface area contributed by atoms with Crippen LogP contribution in [0.3, 0.4) is 0 Å². The van der Waals surface area contributed by atoms with Gasteiger partial charge in [0.25, 0.3) is 0 Å². The lowest BCUT2D eigenvalue weighted by Gasteiger charge is -2.20. The van der Waals surface area contributed by atoms with E-state index in [0.717, 1.165) is 13.1 Å². The lowest BCUT2D eigenvalue weighted by atomic mass is 10.1. The highest BCUT2D eigenvalue weighted by Crippen LogP contribution is 2.09. The molecular formula is C15H33NO. The second kappa shape index (κ2) is 11.0. The van der Waals surface area contributed by atoms with Gasteiger partial charge in [0.15, 0.2) is 0 Å². The van der Waals surface area contributed by atoms with E-state index in [0.29, 0.717) is 18.1 Å². The highest BCUT2D eigenvalue weighted by molar-refractivity contribution is 4.60. The van der Waals surface area contributed by atoms with Crippen LogP contribution in [0, 0.1) is 5.92 Å². The minimum absolute atomic E-state index is 0.329. The van der Waals surface area contributed by atoms with Crippen LogP contribution in [-0.2, 0) is 4.74 Å². The van der Waals surface area contributed by atoms with Gasteiger partial charge in [0.1, 0.15) is 0 Å². The fourth-order valence-corrected chi connectivity index (χ4v) is 1.95. The van der Waals surface area contributed by atoms with E-state index in [1.54, 1.807) is 0 Å². The van der Waals surface area contributed by atoms with Crippen molar-refractivity contribution in [3.63, 3.8) is 0 Å². The van der Waals surface area contributed by atoms with Gasteiger partial charge in [0.2, 0.25) is 0 Å². The molecule has 0 aliphatic carbocycles. The third kappa shape index (κ3) is 12.2.